The van der Waals surface area contributed by atoms with Crippen molar-refractivity contribution in [1.29, 1.82) is 0 Å². The van der Waals surface area contributed by atoms with Crippen LogP contribution in [-0.4, -0.2) is 99.5 Å². The Morgan fingerprint density at radius 2 is 0.851 bits per heavy atom. The minimum Gasteiger partial charge on any atom is -0.463 e. The lowest BCUT2D eigenvalue weighted by molar-refractivity contribution is -0.370. The molecule has 8 rings (SSSR count). The van der Waals surface area contributed by atoms with E-state index in [1.54, 1.807) is 6.92 Å². The molecule has 0 aliphatic carbocycles. The second kappa shape index (κ2) is 28.0. The smallest absolute Gasteiger partial charge is 0.303 e. The number of ether oxygens (including phenoxy) is 12. The first-order valence-corrected chi connectivity index (χ1v) is 25.7. The standard InChI is InChI=1S/C60H72O14/c1-40-31-53(70-52(39-65-43(4)61)54(40)69-44(5)62)73-55-41(2)58(67-35-48-27-17-9-18-28-48)60(72-50(55)37-63-32-45-21-11-6-12-22-45)74-56-42(3)57(66-34-47-25-15-8-16-26-47)59(68-36-49-29-19-10-20-30-49)71-51(56)38-64-33-46-23-13-7-14-24-46/h6-30,40-42,50-60H,31-39H2,1-5H3/t40-,41+,42+,50?,51?,52?,53+,54-,55-,56+,57?,58+,59-,60?/m1/s1/i31T/t31?,40-,41+,42+,50?,51?,52?,53+,54-,55-,56+,57?,58+,59-,60?. The zero-order valence-corrected chi connectivity index (χ0v) is 43.0. The molecule has 3 fully saturated rings. The molecule has 74 heavy (non-hydrogen) atoms. The largest absolute Gasteiger partial charge is 0.463 e. The minimum absolute atomic E-state index is 0.0611. The van der Waals surface area contributed by atoms with Crippen LogP contribution in [0, 0.1) is 17.8 Å². The van der Waals surface area contributed by atoms with E-state index in [-0.39, 0.29) is 45.6 Å². The topological polar surface area (TPSA) is 145 Å². The predicted molar refractivity (Wildman–Crippen MR) is 273 cm³/mol. The summed E-state index contributed by atoms with van der Waals surface area (Å²) in [5.74, 6) is -2.49. The lowest BCUT2D eigenvalue weighted by Crippen LogP contribution is -2.62. The first-order chi connectivity index (χ1) is 36.5. The zero-order chi connectivity index (χ0) is 52.5. The van der Waals surface area contributed by atoms with Crippen LogP contribution in [0.5, 0.6) is 0 Å². The molecule has 5 aromatic rings. The number of rotatable bonds is 24. The normalized spacial score (nSPS) is 30.2. The third-order valence-electron chi connectivity index (χ3n) is 13.6. The van der Waals surface area contributed by atoms with Crippen molar-refractivity contribution in [3.05, 3.63) is 179 Å². The Labute approximate surface area is 437 Å². The van der Waals surface area contributed by atoms with Crippen molar-refractivity contribution in [1.82, 2.24) is 0 Å². The quantitative estimate of drug-likeness (QED) is 0.0541. The fraction of sp³-hybridized carbons (Fsp3) is 0.467. The van der Waals surface area contributed by atoms with Gasteiger partial charge in [0, 0.05) is 39.4 Å². The summed E-state index contributed by atoms with van der Waals surface area (Å²) in [6, 6.07) is 49.6. The van der Waals surface area contributed by atoms with Gasteiger partial charge in [-0.1, -0.05) is 172 Å². The summed E-state index contributed by atoms with van der Waals surface area (Å²) in [4.78, 5) is 24.4. The average Bonchev–Trinajstić information content (AvgIpc) is 3.43. The van der Waals surface area contributed by atoms with Crippen LogP contribution < -0.4 is 0 Å². The highest BCUT2D eigenvalue weighted by Crippen LogP contribution is 2.40. The molecule has 14 heteroatoms. The lowest BCUT2D eigenvalue weighted by Gasteiger charge is -2.50. The van der Waals surface area contributed by atoms with Crippen molar-refractivity contribution in [3.63, 3.8) is 0 Å². The van der Waals surface area contributed by atoms with Crippen LogP contribution in [0.15, 0.2) is 152 Å². The Morgan fingerprint density at radius 1 is 0.459 bits per heavy atom. The van der Waals surface area contributed by atoms with E-state index in [4.69, 9.17) is 56.8 Å². The van der Waals surface area contributed by atoms with Gasteiger partial charge in [0.15, 0.2) is 18.9 Å². The molecule has 15 atom stereocenters. The summed E-state index contributed by atoms with van der Waals surface area (Å²) >= 11 is 0. The van der Waals surface area contributed by atoms with Crippen molar-refractivity contribution >= 4 is 11.9 Å². The highest BCUT2D eigenvalue weighted by atomic mass is 16.8. The first kappa shape index (κ1) is 53.5. The third-order valence-corrected chi connectivity index (χ3v) is 13.6. The molecule has 3 aliphatic rings. The fourth-order valence-electron chi connectivity index (χ4n) is 9.70. The minimum atomic E-state index is -1.17. The summed E-state index contributed by atoms with van der Waals surface area (Å²) in [6.45, 7) is 9.89. The molecule has 0 amide bonds. The average molecular weight is 1020 g/mol. The molecular formula is C60H72O14. The van der Waals surface area contributed by atoms with E-state index in [1.807, 2.05) is 159 Å². The molecule has 5 aromatic carbocycles. The van der Waals surface area contributed by atoms with Crippen molar-refractivity contribution < 1.29 is 67.8 Å². The summed E-state index contributed by atoms with van der Waals surface area (Å²) in [5, 5.41) is 0. The Balaban J connectivity index is 1.12. The van der Waals surface area contributed by atoms with Crippen LogP contribution in [-0.2, 0) is 99.5 Å². The van der Waals surface area contributed by atoms with E-state index < -0.39 is 97.9 Å². The summed E-state index contributed by atoms with van der Waals surface area (Å²) in [6.07, 6.45) is -10.1. The lowest BCUT2D eigenvalue weighted by atomic mass is 9.88. The molecule has 6 unspecified atom stereocenters. The number of benzene rings is 5. The molecule has 14 nitrogen and oxygen atoms in total. The number of carbonyl (C=O) groups excluding carboxylic acids is 2. The fourth-order valence-corrected chi connectivity index (χ4v) is 9.70. The van der Waals surface area contributed by atoms with Crippen LogP contribution in [0.1, 0.15) is 70.2 Å². The molecule has 0 saturated carbocycles. The van der Waals surface area contributed by atoms with Crippen LogP contribution in [0.25, 0.3) is 0 Å². The molecule has 0 N–H and O–H groups in total. The maximum Gasteiger partial charge on any atom is 0.303 e. The molecule has 0 bridgehead atoms. The van der Waals surface area contributed by atoms with Gasteiger partial charge in [0.05, 0.1) is 58.5 Å². The summed E-state index contributed by atoms with van der Waals surface area (Å²) in [7, 11) is 0. The molecule has 0 radical (unpaired) electrons. The Morgan fingerprint density at radius 3 is 1.30 bits per heavy atom. The monoisotopic (exact) mass is 1020 g/mol. The summed E-state index contributed by atoms with van der Waals surface area (Å²) < 4.78 is 88.6. The van der Waals surface area contributed by atoms with Gasteiger partial charge in [-0.3, -0.25) is 9.59 Å². The Kier molecular flexibility index (Phi) is 20.2. The molecule has 0 spiro atoms. The molecule has 0 aromatic heterocycles. The van der Waals surface area contributed by atoms with Gasteiger partial charge in [-0.15, -0.1) is 0 Å². The first-order valence-electron chi connectivity index (χ1n) is 26.3. The van der Waals surface area contributed by atoms with Gasteiger partial charge in [-0.2, -0.15) is 0 Å². The van der Waals surface area contributed by atoms with E-state index in [9.17, 15) is 11.0 Å². The van der Waals surface area contributed by atoms with E-state index in [1.165, 1.54) is 13.8 Å². The van der Waals surface area contributed by atoms with Crippen molar-refractivity contribution in [2.75, 3.05) is 19.8 Å². The maximum atomic E-state index is 12.3. The van der Waals surface area contributed by atoms with E-state index in [0.717, 1.165) is 27.8 Å². The Bertz CT molecular complexity index is 2440. The SMILES string of the molecule is [3H]C1[C@H](O[C@H]2C(COCc3ccccc3)OC(O[C@@H]3C(COCc4ccccc4)O[C@@H](OCc4ccccc4)C(OCc4ccccc4)[C@H]3C)[C@@H](OCc3ccccc3)[C@H]2C)OC(COC(C)=O)[C@H](OC(C)=O)[C@@H]1C. The number of hydrogen-bond donors (Lipinski definition) is 0. The van der Waals surface area contributed by atoms with E-state index >= 15 is 0 Å². The molecule has 3 aliphatic heterocycles. The molecule has 3 saturated heterocycles. The molecular weight excluding hydrogens is 945 g/mol. The van der Waals surface area contributed by atoms with Crippen molar-refractivity contribution in [2.24, 2.45) is 17.8 Å². The number of carbonyl (C=O) groups is 2. The number of esters is 2. The highest BCUT2D eigenvalue weighted by molar-refractivity contribution is 5.66. The zero-order valence-electron chi connectivity index (χ0n) is 44.0. The van der Waals surface area contributed by atoms with Gasteiger partial charge >= 0.3 is 11.9 Å². The van der Waals surface area contributed by atoms with Gasteiger partial charge in [-0.05, 0) is 27.8 Å². The van der Waals surface area contributed by atoms with Gasteiger partial charge in [0.2, 0.25) is 0 Å². The van der Waals surface area contributed by atoms with Gasteiger partial charge in [0.25, 0.3) is 0 Å². The maximum absolute atomic E-state index is 12.3. The van der Waals surface area contributed by atoms with Gasteiger partial charge in [-0.25, -0.2) is 0 Å². The van der Waals surface area contributed by atoms with Gasteiger partial charge < -0.3 is 56.8 Å². The van der Waals surface area contributed by atoms with Crippen molar-refractivity contribution in [2.45, 2.75) is 142 Å². The molecule has 396 valence electrons. The predicted octanol–water partition coefficient (Wildman–Crippen LogP) is 9.55. The molecule has 3 heterocycles. The Hall–Kier alpha value is -5.36. The van der Waals surface area contributed by atoms with E-state index in [2.05, 4.69) is 6.92 Å². The van der Waals surface area contributed by atoms with Crippen LogP contribution in [0.4, 0.5) is 0 Å². The van der Waals surface area contributed by atoms with E-state index in [0.29, 0.717) is 13.2 Å². The summed E-state index contributed by atoms with van der Waals surface area (Å²) in [5.41, 5.74) is 4.89. The van der Waals surface area contributed by atoms with Crippen LogP contribution in [0.2, 0.25) is 0 Å². The van der Waals surface area contributed by atoms with Crippen LogP contribution >= 0.6 is 0 Å². The van der Waals surface area contributed by atoms with Crippen LogP contribution in [0.3, 0.4) is 0 Å². The third kappa shape index (κ3) is 15.8. The highest BCUT2D eigenvalue weighted by Gasteiger charge is 2.53. The second-order valence-electron chi connectivity index (χ2n) is 19.3. The van der Waals surface area contributed by atoms with Gasteiger partial charge in [0.1, 0.15) is 43.2 Å². The van der Waals surface area contributed by atoms with Crippen molar-refractivity contribution in [3.8, 4) is 0 Å². The second-order valence-corrected chi connectivity index (χ2v) is 19.3. The number of hydrogen-bond acceptors (Lipinski definition) is 14.